The van der Waals surface area contributed by atoms with E-state index in [-0.39, 0.29) is 0 Å². The zero-order valence-corrected chi connectivity index (χ0v) is 11.6. The summed E-state index contributed by atoms with van der Waals surface area (Å²) in [7, 11) is 0. The molecule has 0 radical (unpaired) electrons. The Balaban J connectivity index is 2.16. The fourth-order valence-corrected chi connectivity index (χ4v) is 2.50. The van der Waals surface area contributed by atoms with Crippen molar-refractivity contribution < 1.29 is 14.6 Å². The highest BCUT2D eigenvalue weighted by Crippen LogP contribution is 2.17. The highest BCUT2D eigenvalue weighted by Gasteiger charge is 2.27. The topological polar surface area (TPSA) is 49.8 Å². The predicted molar refractivity (Wildman–Crippen MR) is 73.4 cm³/mol. The molecule has 1 N–H and O–H groups in total. The van der Waals surface area contributed by atoms with Crippen molar-refractivity contribution in [3.05, 3.63) is 34.9 Å². The Morgan fingerprint density at radius 1 is 1.37 bits per heavy atom. The van der Waals surface area contributed by atoms with Crippen molar-refractivity contribution >= 4 is 5.97 Å². The van der Waals surface area contributed by atoms with Crippen LogP contribution in [-0.2, 0) is 16.0 Å². The third-order valence-corrected chi connectivity index (χ3v) is 3.90. The fourth-order valence-electron chi connectivity index (χ4n) is 2.50. The Hall–Kier alpha value is -1.39. The lowest BCUT2D eigenvalue weighted by molar-refractivity contribution is -0.145. The second-order valence-corrected chi connectivity index (χ2v) is 5.07. The number of rotatable bonds is 4. The summed E-state index contributed by atoms with van der Waals surface area (Å²) in [6.45, 7) is 6.75. The standard InChI is InChI=1S/C15H21NO3/c1-11-4-3-5-13(12(11)2)10-14(15(17)18)16-6-8-19-9-7-16/h3-5,14H,6-10H2,1-2H3,(H,17,18). The number of aliphatic carboxylic acids is 1. The average Bonchev–Trinajstić information content (AvgIpc) is 2.41. The van der Waals surface area contributed by atoms with Crippen LogP contribution in [0.25, 0.3) is 0 Å². The van der Waals surface area contributed by atoms with Crippen LogP contribution in [0.5, 0.6) is 0 Å². The lowest BCUT2D eigenvalue weighted by Crippen LogP contribution is -2.48. The van der Waals surface area contributed by atoms with Crippen LogP contribution in [-0.4, -0.2) is 48.3 Å². The Kier molecular flexibility index (Phi) is 4.56. The molecule has 104 valence electrons. The summed E-state index contributed by atoms with van der Waals surface area (Å²) in [5.41, 5.74) is 3.53. The summed E-state index contributed by atoms with van der Waals surface area (Å²) >= 11 is 0. The number of hydrogen-bond donors (Lipinski definition) is 1. The molecule has 0 spiro atoms. The van der Waals surface area contributed by atoms with E-state index in [9.17, 15) is 9.90 Å². The van der Waals surface area contributed by atoms with Gasteiger partial charge >= 0.3 is 5.97 Å². The van der Waals surface area contributed by atoms with Gasteiger partial charge in [0, 0.05) is 13.1 Å². The molecule has 1 aliphatic heterocycles. The molecule has 1 heterocycles. The first kappa shape index (κ1) is 14.0. The molecule has 0 saturated carbocycles. The molecule has 4 nitrogen and oxygen atoms in total. The minimum atomic E-state index is -0.747. The van der Waals surface area contributed by atoms with Crippen molar-refractivity contribution in [2.45, 2.75) is 26.3 Å². The van der Waals surface area contributed by atoms with Crippen molar-refractivity contribution in [2.75, 3.05) is 26.3 Å². The molecule has 0 aliphatic carbocycles. The number of morpholine rings is 1. The molecule has 1 fully saturated rings. The highest BCUT2D eigenvalue weighted by molar-refractivity contribution is 5.74. The van der Waals surface area contributed by atoms with Gasteiger partial charge in [-0.25, -0.2) is 0 Å². The highest BCUT2D eigenvalue weighted by atomic mass is 16.5. The molecular weight excluding hydrogens is 242 g/mol. The number of hydrogen-bond acceptors (Lipinski definition) is 3. The summed E-state index contributed by atoms with van der Waals surface area (Å²) < 4.78 is 5.29. The predicted octanol–water partition coefficient (Wildman–Crippen LogP) is 1.63. The van der Waals surface area contributed by atoms with Gasteiger partial charge in [-0.2, -0.15) is 0 Å². The summed E-state index contributed by atoms with van der Waals surface area (Å²) in [6.07, 6.45) is 0.558. The van der Waals surface area contributed by atoms with E-state index in [4.69, 9.17) is 4.74 Å². The van der Waals surface area contributed by atoms with Gasteiger partial charge in [-0.3, -0.25) is 9.69 Å². The lowest BCUT2D eigenvalue weighted by atomic mass is 9.97. The Labute approximate surface area is 114 Å². The number of nitrogens with zero attached hydrogens (tertiary/aromatic N) is 1. The minimum absolute atomic E-state index is 0.454. The summed E-state index contributed by atoms with van der Waals surface area (Å²) in [4.78, 5) is 13.5. The van der Waals surface area contributed by atoms with Gasteiger partial charge in [-0.15, -0.1) is 0 Å². The second-order valence-electron chi connectivity index (χ2n) is 5.07. The molecule has 0 bridgehead atoms. The van der Waals surface area contributed by atoms with Crippen LogP contribution in [0.1, 0.15) is 16.7 Å². The van der Waals surface area contributed by atoms with Crippen molar-refractivity contribution in [3.63, 3.8) is 0 Å². The number of ether oxygens (including phenoxy) is 1. The Morgan fingerprint density at radius 3 is 2.68 bits per heavy atom. The lowest BCUT2D eigenvalue weighted by Gasteiger charge is -2.32. The first-order chi connectivity index (χ1) is 9.09. The van der Waals surface area contributed by atoms with Gasteiger partial charge in [0.25, 0.3) is 0 Å². The zero-order chi connectivity index (χ0) is 13.8. The van der Waals surface area contributed by atoms with E-state index >= 15 is 0 Å². The van der Waals surface area contributed by atoms with E-state index < -0.39 is 12.0 Å². The van der Waals surface area contributed by atoms with E-state index in [0.717, 1.165) is 5.56 Å². The van der Waals surface area contributed by atoms with Crippen LogP contribution in [0, 0.1) is 13.8 Å². The molecule has 1 unspecified atom stereocenters. The van der Waals surface area contributed by atoms with E-state index in [1.54, 1.807) is 0 Å². The maximum atomic E-state index is 11.5. The number of benzene rings is 1. The maximum absolute atomic E-state index is 11.5. The van der Waals surface area contributed by atoms with Gasteiger partial charge < -0.3 is 9.84 Å². The van der Waals surface area contributed by atoms with E-state index in [1.165, 1.54) is 11.1 Å². The monoisotopic (exact) mass is 263 g/mol. The molecule has 19 heavy (non-hydrogen) atoms. The molecule has 4 heteroatoms. The molecule has 0 amide bonds. The first-order valence-corrected chi connectivity index (χ1v) is 6.69. The van der Waals surface area contributed by atoms with Gasteiger partial charge in [0.05, 0.1) is 13.2 Å². The van der Waals surface area contributed by atoms with Crippen LogP contribution in [0.3, 0.4) is 0 Å². The molecule has 1 saturated heterocycles. The normalized spacial score (nSPS) is 18.2. The van der Waals surface area contributed by atoms with Crippen LogP contribution < -0.4 is 0 Å². The summed E-state index contributed by atoms with van der Waals surface area (Å²) in [6, 6.07) is 5.63. The maximum Gasteiger partial charge on any atom is 0.321 e. The molecular formula is C15H21NO3. The van der Waals surface area contributed by atoms with Gasteiger partial charge in [0.2, 0.25) is 0 Å². The van der Waals surface area contributed by atoms with E-state index in [0.29, 0.717) is 32.7 Å². The van der Waals surface area contributed by atoms with Crippen LogP contribution in [0.2, 0.25) is 0 Å². The van der Waals surface area contributed by atoms with Gasteiger partial charge in [-0.05, 0) is 37.0 Å². The first-order valence-electron chi connectivity index (χ1n) is 6.69. The summed E-state index contributed by atoms with van der Waals surface area (Å²) in [5, 5.41) is 9.46. The molecule has 0 aromatic heterocycles. The van der Waals surface area contributed by atoms with Gasteiger partial charge in [0.15, 0.2) is 0 Å². The number of carboxylic acids is 1. The zero-order valence-electron chi connectivity index (χ0n) is 11.6. The van der Waals surface area contributed by atoms with Crippen LogP contribution in [0.4, 0.5) is 0 Å². The number of carboxylic acid groups (broad SMARTS) is 1. The van der Waals surface area contributed by atoms with Crippen LogP contribution >= 0.6 is 0 Å². The second kappa shape index (κ2) is 6.17. The molecule has 1 atom stereocenters. The van der Waals surface area contributed by atoms with Crippen LogP contribution in [0.15, 0.2) is 18.2 Å². The number of aryl methyl sites for hydroxylation is 1. The van der Waals surface area contributed by atoms with E-state index in [2.05, 4.69) is 19.9 Å². The summed E-state index contributed by atoms with van der Waals surface area (Å²) in [5.74, 6) is -0.747. The van der Waals surface area contributed by atoms with Gasteiger partial charge in [-0.1, -0.05) is 18.2 Å². The molecule has 2 rings (SSSR count). The van der Waals surface area contributed by atoms with E-state index in [1.807, 2.05) is 17.0 Å². The van der Waals surface area contributed by atoms with Crippen molar-refractivity contribution in [1.82, 2.24) is 4.90 Å². The third kappa shape index (κ3) is 3.33. The van der Waals surface area contributed by atoms with Crippen molar-refractivity contribution in [1.29, 1.82) is 0 Å². The molecule has 1 aromatic carbocycles. The largest absolute Gasteiger partial charge is 0.480 e. The minimum Gasteiger partial charge on any atom is -0.480 e. The SMILES string of the molecule is Cc1cccc(CC(C(=O)O)N2CCOCC2)c1C. The number of carbonyl (C=O) groups is 1. The molecule has 1 aromatic rings. The third-order valence-electron chi connectivity index (χ3n) is 3.90. The van der Waals surface area contributed by atoms with Crippen molar-refractivity contribution in [3.8, 4) is 0 Å². The van der Waals surface area contributed by atoms with Crippen molar-refractivity contribution in [2.24, 2.45) is 0 Å². The fraction of sp³-hybridized carbons (Fsp3) is 0.533. The van der Waals surface area contributed by atoms with Gasteiger partial charge in [0.1, 0.15) is 6.04 Å². The smallest absolute Gasteiger partial charge is 0.321 e. The average molecular weight is 263 g/mol. The molecule has 1 aliphatic rings. The Bertz CT molecular complexity index is 453. The quantitative estimate of drug-likeness (QED) is 0.897. The Morgan fingerprint density at radius 2 is 2.05 bits per heavy atom.